The van der Waals surface area contributed by atoms with Crippen LogP contribution in [0.15, 0.2) is 54.9 Å². The first kappa shape index (κ1) is 16.1. The third-order valence-electron chi connectivity index (χ3n) is 4.69. The molecule has 4 aromatic rings. The SMILES string of the molecule is Cc1ccc(-c2cc3ncnc(N(C)c4ccc5c(c4)OCO5)c3s2)cc1. The number of thiophene rings is 1. The number of ether oxygens (including phenoxy) is 2. The van der Waals surface area contributed by atoms with Crippen molar-refractivity contribution in [1.29, 1.82) is 0 Å². The molecule has 3 heterocycles. The average Bonchev–Trinajstić information content (AvgIpc) is 3.33. The highest BCUT2D eigenvalue weighted by Crippen LogP contribution is 2.40. The summed E-state index contributed by atoms with van der Waals surface area (Å²) in [7, 11) is 2.00. The zero-order chi connectivity index (χ0) is 18.4. The Labute approximate surface area is 160 Å². The van der Waals surface area contributed by atoms with Crippen LogP contribution in [0.2, 0.25) is 0 Å². The fraction of sp³-hybridized carbons (Fsp3) is 0.143. The van der Waals surface area contributed by atoms with Crippen molar-refractivity contribution in [2.24, 2.45) is 0 Å². The van der Waals surface area contributed by atoms with E-state index in [0.717, 1.165) is 33.2 Å². The number of fused-ring (bicyclic) bond motifs is 2. The molecule has 0 atom stereocenters. The first-order chi connectivity index (χ1) is 13.2. The first-order valence-electron chi connectivity index (χ1n) is 8.64. The van der Waals surface area contributed by atoms with Crippen molar-refractivity contribution < 1.29 is 9.47 Å². The number of nitrogens with zero attached hydrogens (tertiary/aromatic N) is 3. The van der Waals surface area contributed by atoms with Gasteiger partial charge in [0.2, 0.25) is 6.79 Å². The van der Waals surface area contributed by atoms with Crippen LogP contribution in [0.25, 0.3) is 20.7 Å². The summed E-state index contributed by atoms with van der Waals surface area (Å²) >= 11 is 1.71. The molecule has 0 N–H and O–H groups in total. The molecule has 2 aromatic carbocycles. The molecule has 0 radical (unpaired) electrons. The van der Waals surface area contributed by atoms with E-state index in [1.165, 1.54) is 16.0 Å². The zero-order valence-corrected chi connectivity index (χ0v) is 15.8. The molecule has 0 fully saturated rings. The smallest absolute Gasteiger partial charge is 0.231 e. The summed E-state index contributed by atoms with van der Waals surface area (Å²) in [6.45, 7) is 2.36. The Balaban J connectivity index is 1.57. The Bertz CT molecular complexity index is 1140. The molecular weight excluding hydrogens is 358 g/mol. The molecule has 0 spiro atoms. The molecule has 0 unspecified atom stereocenters. The molecule has 5 rings (SSSR count). The number of hydrogen-bond donors (Lipinski definition) is 0. The third kappa shape index (κ3) is 2.78. The Morgan fingerprint density at radius 2 is 1.78 bits per heavy atom. The number of benzene rings is 2. The maximum Gasteiger partial charge on any atom is 0.231 e. The standard InChI is InChI=1S/C21H17N3O2S/c1-13-3-5-14(6-4-13)19-10-16-20(27-19)21(23-11-22-16)24(2)15-7-8-17-18(9-15)26-12-25-17/h3-11H,12H2,1-2H3. The summed E-state index contributed by atoms with van der Waals surface area (Å²) in [6, 6.07) is 16.6. The lowest BCUT2D eigenvalue weighted by Crippen LogP contribution is -2.11. The maximum atomic E-state index is 5.51. The molecule has 1 aliphatic rings. The third-order valence-corrected chi connectivity index (χ3v) is 5.86. The van der Waals surface area contributed by atoms with Crippen molar-refractivity contribution >= 4 is 33.1 Å². The molecule has 0 aliphatic carbocycles. The maximum absolute atomic E-state index is 5.51. The molecule has 27 heavy (non-hydrogen) atoms. The Morgan fingerprint density at radius 1 is 0.963 bits per heavy atom. The summed E-state index contributed by atoms with van der Waals surface area (Å²) in [5, 5.41) is 0. The molecule has 0 saturated carbocycles. The van der Waals surface area contributed by atoms with Gasteiger partial charge in [-0.3, -0.25) is 0 Å². The van der Waals surface area contributed by atoms with Gasteiger partial charge in [0.05, 0.1) is 10.2 Å². The highest BCUT2D eigenvalue weighted by Gasteiger charge is 2.18. The fourth-order valence-corrected chi connectivity index (χ4v) is 4.30. The minimum atomic E-state index is 0.269. The largest absolute Gasteiger partial charge is 0.454 e. The van der Waals surface area contributed by atoms with Gasteiger partial charge < -0.3 is 14.4 Å². The number of hydrogen-bond acceptors (Lipinski definition) is 6. The second kappa shape index (κ2) is 6.25. The van der Waals surface area contributed by atoms with Gasteiger partial charge in [-0.25, -0.2) is 9.97 Å². The second-order valence-electron chi connectivity index (χ2n) is 6.48. The summed E-state index contributed by atoms with van der Waals surface area (Å²) in [5.74, 6) is 2.41. The zero-order valence-electron chi connectivity index (χ0n) is 15.0. The normalized spacial score (nSPS) is 12.5. The quantitative estimate of drug-likeness (QED) is 0.495. The van der Waals surface area contributed by atoms with Gasteiger partial charge in [-0.1, -0.05) is 29.8 Å². The van der Waals surface area contributed by atoms with E-state index in [1.807, 2.05) is 25.2 Å². The highest BCUT2D eigenvalue weighted by atomic mass is 32.1. The van der Waals surface area contributed by atoms with Crippen LogP contribution < -0.4 is 14.4 Å². The molecule has 0 amide bonds. The monoisotopic (exact) mass is 375 g/mol. The van der Waals surface area contributed by atoms with Crippen molar-refractivity contribution in [2.45, 2.75) is 6.92 Å². The second-order valence-corrected chi connectivity index (χ2v) is 7.54. The predicted molar refractivity (Wildman–Crippen MR) is 108 cm³/mol. The van der Waals surface area contributed by atoms with Crippen molar-refractivity contribution in [3.05, 3.63) is 60.4 Å². The van der Waals surface area contributed by atoms with Crippen molar-refractivity contribution in [1.82, 2.24) is 9.97 Å². The first-order valence-corrected chi connectivity index (χ1v) is 9.46. The molecule has 134 valence electrons. The molecular formula is C21H17N3O2S. The minimum Gasteiger partial charge on any atom is -0.454 e. The van der Waals surface area contributed by atoms with E-state index < -0.39 is 0 Å². The van der Waals surface area contributed by atoms with Gasteiger partial charge in [-0.05, 0) is 30.7 Å². The highest BCUT2D eigenvalue weighted by molar-refractivity contribution is 7.22. The Hall–Kier alpha value is -3.12. The van der Waals surface area contributed by atoms with Crippen LogP contribution in [0.4, 0.5) is 11.5 Å². The topological polar surface area (TPSA) is 47.5 Å². The molecule has 2 aromatic heterocycles. The lowest BCUT2D eigenvalue weighted by Gasteiger charge is -2.19. The van der Waals surface area contributed by atoms with Crippen LogP contribution >= 0.6 is 11.3 Å². The molecule has 5 nitrogen and oxygen atoms in total. The van der Waals surface area contributed by atoms with Crippen LogP contribution in [0.5, 0.6) is 11.5 Å². The van der Waals surface area contributed by atoms with Gasteiger partial charge in [0, 0.05) is 23.7 Å². The van der Waals surface area contributed by atoms with E-state index >= 15 is 0 Å². The van der Waals surface area contributed by atoms with E-state index in [2.05, 4.69) is 52.1 Å². The van der Waals surface area contributed by atoms with Crippen molar-refractivity contribution in [3.63, 3.8) is 0 Å². The lowest BCUT2D eigenvalue weighted by molar-refractivity contribution is 0.174. The van der Waals surface area contributed by atoms with Crippen LogP contribution in [0, 0.1) is 6.92 Å². The average molecular weight is 375 g/mol. The van der Waals surface area contributed by atoms with Gasteiger partial charge >= 0.3 is 0 Å². The summed E-state index contributed by atoms with van der Waals surface area (Å²) in [4.78, 5) is 12.3. The van der Waals surface area contributed by atoms with Gasteiger partial charge in [-0.2, -0.15) is 0 Å². The number of rotatable bonds is 3. The minimum absolute atomic E-state index is 0.269. The van der Waals surface area contributed by atoms with E-state index in [-0.39, 0.29) is 6.79 Å². The lowest BCUT2D eigenvalue weighted by atomic mass is 10.1. The number of aryl methyl sites for hydroxylation is 1. The van der Waals surface area contributed by atoms with Crippen molar-refractivity contribution in [3.8, 4) is 21.9 Å². The van der Waals surface area contributed by atoms with Crippen LogP contribution in [0.1, 0.15) is 5.56 Å². The number of anilines is 2. The molecule has 1 aliphatic heterocycles. The Morgan fingerprint density at radius 3 is 2.63 bits per heavy atom. The molecule has 0 saturated heterocycles. The summed E-state index contributed by atoms with van der Waals surface area (Å²) < 4.78 is 12.0. The summed E-state index contributed by atoms with van der Waals surface area (Å²) in [5.41, 5.74) is 4.39. The van der Waals surface area contributed by atoms with Gasteiger partial charge in [0.15, 0.2) is 17.3 Å². The number of aromatic nitrogens is 2. The van der Waals surface area contributed by atoms with E-state index in [0.29, 0.717) is 0 Å². The molecule has 6 heteroatoms. The Kier molecular flexibility index (Phi) is 3.72. The van der Waals surface area contributed by atoms with Gasteiger partial charge in [-0.15, -0.1) is 11.3 Å². The predicted octanol–water partition coefficient (Wildman–Crippen LogP) is 5.16. The van der Waals surface area contributed by atoms with Crippen LogP contribution in [-0.2, 0) is 0 Å². The van der Waals surface area contributed by atoms with Crippen LogP contribution in [-0.4, -0.2) is 23.8 Å². The fourth-order valence-electron chi connectivity index (χ4n) is 3.16. The van der Waals surface area contributed by atoms with Crippen LogP contribution in [0.3, 0.4) is 0 Å². The summed E-state index contributed by atoms with van der Waals surface area (Å²) in [6.07, 6.45) is 1.62. The van der Waals surface area contributed by atoms with Gasteiger partial charge in [0.25, 0.3) is 0 Å². The molecule has 0 bridgehead atoms. The van der Waals surface area contributed by atoms with E-state index in [9.17, 15) is 0 Å². The van der Waals surface area contributed by atoms with Gasteiger partial charge in [0.1, 0.15) is 6.33 Å². The van der Waals surface area contributed by atoms with Crippen molar-refractivity contribution in [2.75, 3.05) is 18.7 Å². The van der Waals surface area contributed by atoms with E-state index in [1.54, 1.807) is 17.7 Å². The van der Waals surface area contributed by atoms with E-state index in [4.69, 9.17) is 9.47 Å².